The Balaban J connectivity index is 2.33. The van der Waals surface area contributed by atoms with Crippen molar-refractivity contribution >= 4 is 17.6 Å². The van der Waals surface area contributed by atoms with Crippen molar-refractivity contribution in [2.24, 2.45) is 0 Å². The SMILES string of the molecule is COc1cccc(CC(C(=O)O)c2ccc(Cl)cc2)c1O. The van der Waals surface area contributed by atoms with E-state index in [0.29, 0.717) is 21.9 Å². The molecule has 0 aliphatic carbocycles. The zero-order chi connectivity index (χ0) is 15.4. The average Bonchev–Trinajstić information content (AvgIpc) is 2.47. The van der Waals surface area contributed by atoms with Gasteiger partial charge in [0.2, 0.25) is 0 Å². The number of ether oxygens (including phenoxy) is 1. The van der Waals surface area contributed by atoms with Crippen LogP contribution in [0.1, 0.15) is 17.0 Å². The van der Waals surface area contributed by atoms with E-state index in [1.165, 1.54) is 7.11 Å². The predicted octanol–water partition coefficient (Wildman–Crippen LogP) is 3.47. The second-order valence-corrected chi connectivity index (χ2v) is 5.05. The molecule has 0 saturated heterocycles. The first kappa shape index (κ1) is 15.2. The number of aliphatic carboxylic acids is 1. The molecule has 2 rings (SSSR count). The van der Waals surface area contributed by atoms with Crippen LogP contribution in [0.25, 0.3) is 0 Å². The number of methoxy groups -OCH3 is 1. The van der Waals surface area contributed by atoms with Crippen molar-refractivity contribution in [3.05, 3.63) is 58.6 Å². The van der Waals surface area contributed by atoms with Crippen LogP contribution < -0.4 is 4.74 Å². The molecule has 1 atom stereocenters. The van der Waals surface area contributed by atoms with E-state index in [-0.39, 0.29) is 12.2 Å². The minimum absolute atomic E-state index is 0.0276. The highest BCUT2D eigenvalue weighted by molar-refractivity contribution is 6.30. The van der Waals surface area contributed by atoms with Gasteiger partial charge in [0.05, 0.1) is 13.0 Å². The van der Waals surface area contributed by atoms with Crippen molar-refractivity contribution in [2.45, 2.75) is 12.3 Å². The number of hydrogen-bond acceptors (Lipinski definition) is 3. The van der Waals surface area contributed by atoms with E-state index >= 15 is 0 Å². The number of aromatic hydroxyl groups is 1. The van der Waals surface area contributed by atoms with Crippen LogP contribution in [0.5, 0.6) is 11.5 Å². The minimum Gasteiger partial charge on any atom is -0.504 e. The molecule has 21 heavy (non-hydrogen) atoms. The third kappa shape index (κ3) is 3.47. The first-order valence-corrected chi connectivity index (χ1v) is 6.74. The number of carboxylic acids is 1. The topological polar surface area (TPSA) is 66.8 Å². The summed E-state index contributed by atoms with van der Waals surface area (Å²) < 4.78 is 5.03. The van der Waals surface area contributed by atoms with Gasteiger partial charge in [-0.05, 0) is 35.7 Å². The van der Waals surface area contributed by atoms with Gasteiger partial charge in [-0.3, -0.25) is 4.79 Å². The molecule has 2 aromatic rings. The molecule has 0 radical (unpaired) electrons. The predicted molar refractivity (Wildman–Crippen MR) is 80.2 cm³/mol. The Bertz CT molecular complexity index is 637. The van der Waals surface area contributed by atoms with Gasteiger partial charge in [-0.15, -0.1) is 0 Å². The van der Waals surface area contributed by atoms with Crippen molar-refractivity contribution in [2.75, 3.05) is 7.11 Å². The highest BCUT2D eigenvalue weighted by Gasteiger charge is 2.22. The molecule has 2 N–H and O–H groups in total. The maximum atomic E-state index is 11.5. The summed E-state index contributed by atoms with van der Waals surface area (Å²) in [4.78, 5) is 11.5. The van der Waals surface area contributed by atoms with Gasteiger partial charge in [-0.25, -0.2) is 0 Å². The molecule has 0 aromatic heterocycles. The number of rotatable bonds is 5. The third-order valence-electron chi connectivity index (χ3n) is 3.30. The van der Waals surface area contributed by atoms with Gasteiger partial charge in [0.1, 0.15) is 0 Å². The number of phenols is 1. The van der Waals surface area contributed by atoms with Crippen molar-refractivity contribution in [1.82, 2.24) is 0 Å². The third-order valence-corrected chi connectivity index (χ3v) is 3.55. The second kappa shape index (κ2) is 6.50. The average molecular weight is 307 g/mol. The summed E-state index contributed by atoms with van der Waals surface area (Å²) in [7, 11) is 1.45. The van der Waals surface area contributed by atoms with E-state index in [1.54, 1.807) is 42.5 Å². The lowest BCUT2D eigenvalue weighted by molar-refractivity contribution is -0.138. The lowest BCUT2D eigenvalue weighted by Crippen LogP contribution is -2.14. The Labute approximate surface area is 127 Å². The molecule has 0 amide bonds. The Morgan fingerprint density at radius 3 is 2.48 bits per heavy atom. The zero-order valence-electron chi connectivity index (χ0n) is 11.4. The quantitative estimate of drug-likeness (QED) is 0.887. The van der Waals surface area contributed by atoms with E-state index in [0.717, 1.165) is 0 Å². The van der Waals surface area contributed by atoms with Crippen LogP contribution in [0.2, 0.25) is 5.02 Å². The van der Waals surface area contributed by atoms with Crippen molar-refractivity contribution in [3.8, 4) is 11.5 Å². The van der Waals surface area contributed by atoms with Crippen LogP contribution >= 0.6 is 11.6 Å². The van der Waals surface area contributed by atoms with Gasteiger partial charge in [-0.1, -0.05) is 35.9 Å². The summed E-state index contributed by atoms with van der Waals surface area (Å²) in [5.74, 6) is -1.42. The Morgan fingerprint density at radius 1 is 1.24 bits per heavy atom. The monoisotopic (exact) mass is 306 g/mol. The van der Waals surface area contributed by atoms with Gasteiger partial charge < -0.3 is 14.9 Å². The number of phenolic OH excluding ortho intramolecular Hbond substituents is 1. The molecule has 4 nitrogen and oxygen atoms in total. The summed E-state index contributed by atoms with van der Waals surface area (Å²) in [5.41, 5.74) is 1.16. The van der Waals surface area contributed by atoms with Crippen molar-refractivity contribution in [1.29, 1.82) is 0 Å². The fourth-order valence-corrected chi connectivity index (χ4v) is 2.29. The normalized spacial score (nSPS) is 11.9. The van der Waals surface area contributed by atoms with Crippen molar-refractivity contribution < 1.29 is 19.7 Å². The first-order chi connectivity index (χ1) is 10.0. The molecule has 0 fully saturated rings. The molecular formula is C16H15ClO4. The Kier molecular flexibility index (Phi) is 4.70. The highest BCUT2D eigenvalue weighted by Crippen LogP contribution is 2.33. The van der Waals surface area contributed by atoms with E-state index in [2.05, 4.69) is 0 Å². The molecule has 0 aliphatic heterocycles. The summed E-state index contributed by atoms with van der Waals surface area (Å²) >= 11 is 5.82. The van der Waals surface area contributed by atoms with E-state index < -0.39 is 11.9 Å². The second-order valence-electron chi connectivity index (χ2n) is 4.61. The lowest BCUT2D eigenvalue weighted by Gasteiger charge is -2.15. The molecule has 0 saturated carbocycles. The zero-order valence-corrected chi connectivity index (χ0v) is 12.2. The van der Waals surface area contributed by atoms with Gasteiger partial charge in [0.15, 0.2) is 11.5 Å². The molecule has 5 heteroatoms. The molecule has 0 heterocycles. The van der Waals surface area contributed by atoms with Gasteiger partial charge in [0, 0.05) is 5.02 Å². The van der Waals surface area contributed by atoms with E-state index in [4.69, 9.17) is 16.3 Å². The Morgan fingerprint density at radius 2 is 1.90 bits per heavy atom. The number of carboxylic acid groups (broad SMARTS) is 1. The number of para-hydroxylation sites is 1. The number of halogens is 1. The van der Waals surface area contributed by atoms with E-state index in [9.17, 15) is 15.0 Å². The molecule has 1 unspecified atom stereocenters. The number of benzene rings is 2. The molecule has 0 spiro atoms. The van der Waals surface area contributed by atoms with Gasteiger partial charge >= 0.3 is 5.97 Å². The van der Waals surface area contributed by atoms with Crippen molar-refractivity contribution in [3.63, 3.8) is 0 Å². The van der Waals surface area contributed by atoms with Crippen LogP contribution in [0, 0.1) is 0 Å². The van der Waals surface area contributed by atoms with Crippen LogP contribution in [-0.2, 0) is 11.2 Å². The lowest BCUT2D eigenvalue weighted by atomic mass is 9.91. The van der Waals surface area contributed by atoms with Gasteiger partial charge in [-0.2, -0.15) is 0 Å². The summed E-state index contributed by atoms with van der Waals surface area (Å²) in [6.45, 7) is 0. The highest BCUT2D eigenvalue weighted by atomic mass is 35.5. The van der Waals surface area contributed by atoms with E-state index in [1.807, 2.05) is 0 Å². The standard InChI is InChI=1S/C16H15ClO4/c1-21-14-4-2-3-11(15(14)18)9-13(16(19)20)10-5-7-12(17)8-6-10/h2-8,13,18H,9H2,1H3,(H,19,20). The maximum Gasteiger partial charge on any atom is 0.311 e. The van der Waals surface area contributed by atoms with Crippen LogP contribution in [-0.4, -0.2) is 23.3 Å². The molecule has 0 aliphatic rings. The number of hydrogen-bond donors (Lipinski definition) is 2. The molecule has 110 valence electrons. The minimum atomic E-state index is -0.959. The Hall–Kier alpha value is -2.20. The van der Waals surface area contributed by atoms with Crippen LogP contribution in [0.4, 0.5) is 0 Å². The molecular weight excluding hydrogens is 292 g/mol. The fourth-order valence-electron chi connectivity index (χ4n) is 2.16. The smallest absolute Gasteiger partial charge is 0.311 e. The molecule has 2 aromatic carbocycles. The van der Waals surface area contributed by atoms with Crippen LogP contribution in [0.15, 0.2) is 42.5 Å². The fraction of sp³-hybridized carbons (Fsp3) is 0.188. The van der Waals surface area contributed by atoms with Gasteiger partial charge in [0.25, 0.3) is 0 Å². The summed E-state index contributed by atoms with van der Waals surface area (Å²) in [6, 6.07) is 11.7. The number of carbonyl (C=O) groups is 1. The summed E-state index contributed by atoms with van der Waals surface area (Å²) in [5, 5.41) is 20.0. The maximum absolute atomic E-state index is 11.5. The first-order valence-electron chi connectivity index (χ1n) is 6.36. The molecule has 0 bridgehead atoms. The summed E-state index contributed by atoms with van der Waals surface area (Å²) in [6.07, 6.45) is 0.167. The van der Waals surface area contributed by atoms with Crippen LogP contribution in [0.3, 0.4) is 0 Å². The largest absolute Gasteiger partial charge is 0.504 e.